The highest BCUT2D eigenvalue weighted by molar-refractivity contribution is 6.64. The van der Waals surface area contributed by atoms with Gasteiger partial charge in [-0.2, -0.15) is 0 Å². The molecule has 2 fully saturated rings. The summed E-state index contributed by atoms with van der Waals surface area (Å²) >= 11 is 0. The van der Waals surface area contributed by atoms with Gasteiger partial charge in [-0.1, -0.05) is 6.92 Å². The van der Waals surface area contributed by atoms with Gasteiger partial charge in [0, 0.05) is 19.3 Å². The average molecular weight is 310 g/mol. The van der Waals surface area contributed by atoms with E-state index in [1.807, 2.05) is 12.3 Å². The fraction of sp³-hybridized carbons (Fsp3) is 0.562. The molecule has 4 heterocycles. The number of hydrogen-bond donors (Lipinski definition) is 1. The van der Waals surface area contributed by atoms with E-state index < -0.39 is 0 Å². The SMILES string of the molecule is CC12CN([B]C=O)CCC1CCN(c1ncnc3[nH]ccc13)C2. The molecule has 0 aliphatic carbocycles. The summed E-state index contributed by atoms with van der Waals surface area (Å²) in [5.74, 6) is 1.74. The molecule has 0 saturated carbocycles. The number of aromatic nitrogens is 3. The van der Waals surface area contributed by atoms with Gasteiger partial charge in [-0.3, -0.25) is 0 Å². The predicted octanol–water partition coefficient (Wildman–Crippen LogP) is 1.31. The number of carbonyl (C=O) groups excluding carboxylic acids is 1. The van der Waals surface area contributed by atoms with Crippen LogP contribution in [0.25, 0.3) is 11.0 Å². The quantitative estimate of drug-likeness (QED) is 0.684. The lowest BCUT2D eigenvalue weighted by Gasteiger charge is -2.52. The first-order valence-electron chi connectivity index (χ1n) is 8.25. The van der Waals surface area contributed by atoms with Crippen molar-refractivity contribution in [2.75, 3.05) is 31.1 Å². The number of nitrogens with zero attached hydrogens (tertiary/aromatic N) is 4. The van der Waals surface area contributed by atoms with Crippen molar-refractivity contribution in [3.8, 4) is 0 Å². The zero-order chi connectivity index (χ0) is 15.9. The standard InChI is InChI=1S/C16H21BN5O/c1-16-8-21(15-13-2-5-18-14(13)19-11-20-15)6-3-12(16)4-7-22(9-16)17-10-23/h2,5,10-12H,3-4,6-9H2,1H3,(H,18,19,20). The molecule has 23 heavy (non-hydrogen) atoms. The fourth-order valence-electron chi connectivity index (χ4n) is 4.35. The third-order valence-corrected chi connectivity index (χ3v) is 5.52. The Morgan fingerprint density at radius 2 is 2.22 bits per heavy atom. The van der Waals surface area contributed by atoms with Crippen LogP contribution >= 0.6 is 0 Å². The molecule has 2 atom stereocenters. The summed E-state index contributed by atoms with van der Waals surface area (Å²) in [6.45, 7) is 6.29. The van der Waals surface area contributed by atoms with Crippen molar-refractivity contribution in [1.29, 1.82) is 0 Å². The second kappa shape index (κ2) is 5.63. The van der Waals surface area contributed by atoms with Crippen LogP contribution in [0, 0.1) is 11.3 Å². The lowest BCUT2D eigenvalue weighted by molar-refractivity contribution is 0.0677. The summed E-state index contributed by atoms with van der Waals surface area (Å²) in [5.41, 5.74) is 1.07. The maximum Gasteiger partial charge on any atom is 0.293 e. The van der Waals surface area contributed by atoms with Crippen molar-refractivity contribution in [3.63, 3.8) is 0 Å². The third-order valence-electron chi connectivity index (χ3n) is 5.52. The van der Waals surface area contributed by atoms with Crippen molar-refractivity contribution in [3.05, 3.63) is 18.6 Å². The molecule has 119 valence electrons. The Morgan fingerprint density at radius 3 is 3.09 bits per heavy atom. The zero-order valence-electron chi connectivity index (χ0n) is 13.4. The molecule has 2 aromatic heterocycles. The smallest absolute Gasteiger partial charge is 0.293 e. The number of nitrogens with one attached hydrogen (secondary N) is 1. The maximum atomic E-state index is 10.8. The van der Waals surface area contributed by atoms with Crippen LogP contribution < -0.4 is 4.90 Å². The van der Waals surface area contributed by atoms with Gasteiger partial charge in [0.1, 0.15) is 17.8 Å². The highest BCUT2D eigenvalue weighted by Crippen LogP contribution is 2.42. The largest absolute Gasteiger partial charge is 0.355 e. The van der Waals surface area contributed by atoms with Crippen LogP contribution in [0.2, 0.25) is 0 Å². The first kappa shape index (κ1) is 14.7. The van der Waals surface area contributed by atoms with E-state index in [0.29, 0.717) is 0 Å². The number of fused-ring (bicyclic) bond motifs is 2. The van der Waals surface area contributed by atoms with E-state index in [1.165, 1.54) is 6.42 Å². The highest BCUT2D eigenvalue weighted by atomic mass is 16.1. The average Bonchev–Trinajstić information content (AvgIpc) is 3.02. The number of piperidine rings is 2. The van der Waals surface area contributed by atoms with Crippen LogP contribution in [0.3, 0.4) is 0 Å². The van der Waals surface area contributed by atoms with E-state index in [1.54, 1.807) is 13.7 Å². The lowest BCUT2D eigenvalue weighted by Crippen LogP contribution is -2.57. The number of aromatic amines is 1. The molecule has 4 rings (SSSR count). The minimum atomic E-state index is 0.184. The van der Waals surface area contributed by atoms with Gasteiger partial charge in [-0.05, 0) is 43.3 Å². The molecule has 1 N–H and O–H groups in total. The van der Waals surface area contributed by atoms with Crippen molar-refractivity contribution < 1.29 is 4.79 Å². The Bertz CT molecular complexity index is 719. The van der Waals surface area contributed by atoms with Crippen molar-refractivity contribution in [2.45, 2.75) is 19.8 Å². The Hall–Kier alpha value is -1.89. The Kier molecular flexibility index (Phi) is 3.60. The molecule has 2 aliphatic heterocycles. The molecule has 0 spiro atoms. The first-order chi connectivity index (χ1) is 11.2. The number of rotatable bonds is 3. The molecule has 2 aromatic rings. The van der Waals surface area contributed by atoms with Crippen LogP contribution in [-0.2, 0) is 4.79 Å². The summed E-state index contributed by atoms with van der Waals surface area (Å²) in [6.07, 6.45) is 6.80. The topological polar surface area (TPSA) is 65.1 Å². The number of anilines is 1. The van der Waals surface area contributed by atoms with Gasteiger partial charge >= 0.3 is 0 Å². The molecule has 7 heteroatoms. The first-order valence-corrected chi connectivity index (χ1v) is 8.25. The molecule has 0 amide bonds. The van der Waals surface area contributed by atoms with Gasteiger partial charge < -0.3 is 19.5 Å². The number of carbonyl (C=O) groups is 1. The van der Waals surface area contributed by atoms with Crippen molar-refractivity contribution >= 4 is 30.5 Å². The van der Waals surface area contributed by atoms with Gasteiger partial charge in [0.2, 0.25) is 0 Å². The van der Waals surface area contributed by atoms with E-state index in [2.05, 4.69) is 31.6 Å². The summed E-state index contributed by atoms with van der Waals surface area (Å²) in [6, 6.07) is 2.05. The highest BCUT2D eigenvalue weighted by Gasteiger charge is 2.43. The van der Waals surface area contributed by atoms with Gasteiger partial charge in [-0.25, -0.2) is 9.97 Å². The Labute approximate surface area is 136 Å². The van der Waals surface area contributed by atoms with Crippen molar-refractivity contribution in [1.82, 2.24) is 19.8 Å². The molecule has 2 aliphatic rings. The maximum absolute atomic E-state index is 10.8. The number of hydrogen-bond acceptors (Lipinski definition) is 5. The van der Waals surface area contributed by atoms with Gasteiger partial charge in [0.15, 0.2) is 0 Å². The summed E-state index contributed by atoms with van der Waals surface area (Å²) in [7, 11) is 1.69. The van der Waals surface area contributed by atoms with Crippen LogP contribution in [0.15, 0.2) is 18.6 Å². The Morgan fingerprint density at radius 1 is 1.35 bits per heavy atom. The van der Waals surface area contributed by atoms with E-state index in [9.17, 15) is 4.79 Å². The van der Waals surface area contributed by atoms with Gasteiger partial charge in [-0.15, -0.1) is 0 Å². The normalized spacial score (nSPS) is 28.6. The molecule has 1 radical (unpaired) electrons. The van der Waals surface area contributed by atoms with Gasteiger partial charge in [0.25, 0.3) is 7.41 Å². The second-order valence-electron chi connectivity index (χ2n) is 7.04. The second-order valence-corrected chi connectivity index (χ2v) is 7.04. The summed E-state index contributed by atoms with van der Waals surface area (Å²) in [4.78, 5) is 27.4. The molecule has 2 saturated heterocycles. The summed E-state index contributed by atoms with van der Waals surface area (Å²) < 4.78 is 0. The minimum absolute atomic E-state index is 0.184. The monoisotopic (exact) mass is 310 g/mol. The fourth-order valence-corrected chi connectivity index (χ4v) is 4.35. The molecular weight excluding hydrogens is 289 g/mol. The van der Waals surface area contributed by atoms with E-state index >= 15 is 0 Å². The Balaban J connectivity index is 1.61. The van der Waals surface area contributed by atoms with E-state index in [-0.39, 0.29) is 5.41 Å². The predicted molar refractivity (Wildman–Crippen MR) is 91.0 cm³/mol. The molecular formula is C16H21BN5O. The van der Waals surface area contributed by atoms with Crippen LogP contribution in [0.4, 0.5) is 5.82 Å². The van der Waals surface area contributed by atoms with E-state index in [4.69, 9.17) is 0 Å². The zero-order valence-corrected chi connectivity index (χ0v) is 13.4. The van der Waals surface area contributed by atoms with E-state index in [0.717, 1.165) is 61.6 Å². The van der Waals surface area contributed by atoms with Gasteiger partial charge in [0.05, 0.1) is 11.6 Å². The molecule has 6 nitrogen and oxygen atoms in total. The molecule has 0 bridgehead atoms. The van der Waals surface area contributed by atoms with Crippen LogP contribution in [-0.4, -0.2) is 59.5 Å². The minimum Gasteiger partial charge on any atom is -0.355 e. The molecule has 0 aromatic carbocycles. The van der Waals surface area contributed by atoms with Crippen LogP contribution in [0.1, 0.15) is 19.8 Å². The lowest BCUT2D eigenvalue weighted by atomic mass is 9.66. The molecule has 2 unspecified atom stereocenters. The number of H-pyrrole nitrogens is 1. The summed E-state index contributed by atoms with van der Waals surface area (Å²) in [5, 5.41) is 1.08. The third kappa shape index (κ3) is 2.53. The van der Waals surface area contributed by atoms with Crippen molar-refractivity contribution in [2.24, 2.45) is 11.3 Å². The van der Waals surface area contributed by atoms with Crippen LogP contribution in [0.5, 0.6) is 0 Å².